The summed E-state index contributed by atoms with van der Waals surface area (Å²) in [7, 11) is 0. The molecule has 0 radical (unpaired) electrons. The van der Waals surface area contributed by atoms with Gasteiger partial charge in [0.2, 0.25) is 6.30 Å². The number of para-hydroxylation sites is 1. The number of rotatable bonds is 10. The second-order valence-corrected chi connectivity index (χ2v) is 7.55. The van der Waals surface area contributed by atoms with Crippen LogP contribution in [0.1, 0.15) is 12.5 Å². The van der Waals surface area contributed by atoms with Crippen LogP contribution < -0.4 is 10.1 Å². The second-order valence-electron chi connectivity index (χ2n) is 7.55. The van der Waals surface area contributed by atoms with Crippen molar-refractivity contribution in [2.45, 2.75) is 31.9 Å². The van der Waals surface area contributed by atoms with E-state index in [1.807, 2.05) is 0 Å². The lowest BCUT2D eigenvalue weighted by Crippen LogP contribution is -2.73. The summed E-state index contributed by atoms with van der Waals surface area (Å²) in [4.78, 5) is 48.0. The van der Waals surface area contributed by atoms with Gasteiger partial charge in [0, 0.05) is 12.1 Å². The van der Waals surface area contributed by atoms with Crippen LogP contribution in [0.25, 0.3) is 0 Å². The highest BCUT2D eigenvalue weighted by molar-refractivity contribution is 5.97. The van der Waals surface area contributed by atoms with Crippen LogP contribution in [0.2, 0.25) is 0 Å². The van der Waals surface area contributed by atoms with Crippen molar-refractivity contribution in [1.29, 1.82) is 0 Å². The van der Waals surface area contributed by atoms with Crippen LogP contribution in [-0.2, 0) is 25.7 Å². The molecule has 2 aromatic rings. The highest BCUT2D eigenvalue weighted by atomic mass is 19.1. The summed E-state index contributed by atoms with van der Waals surface area (Å²) in [5.41, 5.74) is 0.514. The smallest absolute Gasteiger partial charge is 0.333 e. The first-order valence-electron chi connectivity index (χ1n) is 10.2. The van der Waals surface area contributed by atoms with E-state index in [9.17, 15) is 28.9 Å². The lowest BCUT2D eigenvalue weighted by Gasteiger charge is -2.45. The maximum absolute atomic E-state index is 14.8. The number of nitro groups is 1. The first-order chi connectivity index (χ1) is 16.2. The van der Waals surface area contributed by atoms with Crippen molar-refractivity contribution in [3.63, 3.8) is 0 Å². The fourth-order valence-electron chi connectivity index (χ4n) is 3.26. The molecule has 3 rings (SSSR count). The zero-order valence-electron chi connectivity index (χ0n) is 18.2. The molecule has 11 heteroatoms. The average Bonchev–Trinajstić information content (AvgIpc) is 2.83. The van der Waals surface area contributed by atoms with Crippen LogP contribution >= 0.6 is 0 Å². The molecule has 1 aliphatic rings. The van der Waals surface area contributed by atoms with E-state index >= 15 is 0 Å². The monoisotopic (exact) mass is 471 g/mol. The summed E-state index contributed by atoms with van der Waals surface area (Å²) >= 11 is 0. The molecule has 0 spiro atoms. The van der Waals surface area contributed by atoms with Gasteiger partial charge in [-0.3, -0.25) is 24.6 Å². The number of likely N-dealkylation sites (tertiary alicyclic amines) is 1. The molecule has 34 heavy (non-hydrogen) atoms. The predicted octanol–water partition coefficient (Wildman–Crippen LogP) is 2.28. The molecule has 3 atom stereocenters. The Morgan fingerprint density at radius 2 is 1.85 bits per heavy atom. The third-order valence-corrected chi connectivity index (χ3v) is 4.99. The molecule has 1 aliphatic heterocycles. The summed E-state index contributed by atoms with van der Waals surface area (Å²) in [6, 6.07) is 11.0. The van der Waals surface area contributed by atoms with Crippen LogP contribution in [0.15, 0.2) is 66.7 Å². The second kappa shape index (κ2) is 10.6. The largest absolute Gasteiger partial charge is 0.484 e. The minimum atomic E-state index is -1.97. The lowest BCUT2D eigenvalue weighted by atomic mass is 9.98. The van der Waals surface area contributed by atoms with Crippen LogP contribution in [0.5, 0.6) is 5.75 Å². The summed E-state index contributed by atoms with van der Waals surface area (Å²) in [6.45, 7) is 4.43. The lowest BCUT2D eigenvalue weighted by molar-refractivity contribution is -0.384. The summed E-state index contributed by atoms with van der Waals surface area (Å²) in [6.07, 6.45) is -1.97. The number of carbonyl (C=O) groups is 3. The normalized spacial score (nSPS) is 17.8. The third kappa shape index (κ3) is 5.55. The number of esters is 1. The molecule has 1 heterocycles. The molecule has 1 N–H and O–H groups in total. The molecule has 0 aliphatic carbocycles. The number of benzene rings is 2. The number of carbonyl (C=O) groups excluding carboxylic acids is 3. The maximum Gasteiger partial charge on any atom is 0.333 e. The Balaban J connectivity index is 1.55. The van der Waals surface area contributed by atoms with E-state index in [0.717, 1.165) is 0 Å². The maximum atomic E-state index is 14.8. The fraction of sp³-hybridized carbons (Fsp3) is 0.261. The van der Waals surface area contributed by atoms with E-state index in [2.05, 4.69) is 11.9 Å². The predicted molar refractivity (Wildman–Crippen MR) is 117 cm³/mol. The number of nitro benzene ring substituents is 1. The Kier molecular flexibility index (Phi) is 7.57. The summed E-state index contributed by atoms with van der Waals surface area (Å²) in [5, 5.41) is 13.0. The number of nitrogens with zero attached hydrogens (tertiary/aromatic N) is 2. The van der Waals surface area contributed by atoms with Gasteiger partial charge < -0.3 is 14.8 Å². The van der Waals surface area contributed by atoms with E-state index in [1.54, 1.807) is 30.3 Å². The molecule has 3 unspecified atom stereocenters. The molecule has 0 saturated carbocycles. The molecule has 0 bridgehead atoms. The van der Waals surface area contributed by atoms with Gasteiger partial charge in [-0.15, -0.1) is 0 Å². The minimum Gasteiger partial charge on any atom is -0.484 e. The number of halogens is 1. The molecular weight excluding hydrogens is 449 g/mol. The number of alkyl halides is 1. The van der Waals surface area contributed by atoms with Crippen LogP contribution in [0, 0.1) is 10.1 Å². The summed E-state index contributed by atoms with van der Waals surface area (Å²) < 4.78 is 25.3. The summed E-state index contributed by atoms with van der Waals surface area (Å²) in [5.74, 6) is -1.98. The number of nitrogens with one attached hydrogen (secondary N) is 1. The molecule has 2 amide bonds. The molecule has 1 fully saturated rings. The van der Waals surface area contributed by atoms with Gasteiger partial charge in [-0.05, 0) is 42.3 Å². The topological polar surface area (TPSA) is 128 Å². The van der Waals surface area contributed by atoms with Gasteiger partial charge in [0.15, 0.2) is 18.7 Å². The van der Waals surface area contributed by atoms with E-state index in [0.29, 0.717) is 16.2 Å². The van der Waals surface area contributed by atoms with Crippen molar-refractivity contribution < 1.29 is 33.2 Å². The Labute approximate surface area is 194 Å². The van der Waals surface area contributed by atoms with Gasteiger partial charge in [0.05, 0.1) is 4.92 Å². The fourth-order valence-corrected chi connectivity index (χ4v) is 3.26. The number of hydrogen-bond donors (Lipinski definition) is 1. The van der Waals surface area contributed by atoms with E-state index in [1.165, 1.54) is 31.2 Å². The minimum absolute atomic E-state index is 0.122. The number of ether oxygens (including phenoxy) is 2. The van der Waals surface area contributed by atoms with Crippen molar-refractivity contribution in [2.24, 2.45) is 0 Å². The van der Waals surface area contributed by atoms with Gasteiger partial charge >= 0.3 is 5.97 Å². The number of hydrogen-bond acceptors (Lipinski definition) is 7. The Hall–Kier alpha value is -4.28. The number of non-ortho nitro benzene ring substituents is 1. The molecule has 1 saturated heterocycles. The Bertz CT molecular complexity index is 1090. The van der Waals surface area contributed by atoms with Crippen molar-refractivity contribution in [3.05, 3.63) is 82.4 Å². The zero-order valence-corrected chi connectivity index (χ0v) is 18.2. The van der Waals surface area contributed by atoms with Crippen LogP contribution in [0.3, 0.4) is 0 Å². The van der Waals surface area contributed by atoms with Crippen LogP contribution in [-0.4, -0.2) is 52.6 Å². The quantitative estimate of drug-likeness (QED) is 0.141. The van der Waals surface area contributed by atoms with Gasteiger partial charge in [-0.2, -0.15) is 0 Å². The van der Waals surface area contributed by atoms with Crippen molar-refractivity contribution in [2.75, 3.05) is 6.61 Å². The van der Waals surface area contributed by atoms with E-state index in [-0.39, 0.29) is 17.9 Å². The Morgan fingerprint density at radius 3 is 2.41 bits per heavy atom. The van der Waals surface area contributed by atoms with Gasteiger partial charge in [0.1, 0.15) is 12.4 Å². The average molecular weight is 471 g/mol. The van der Waals surface area contributed by atoms with Crippen molar-refractivity contribution >= 4 is 23.5 Å². The molecule has 10 nitrogen and oxygen atoms in total. The molecule has 0 aromatic heterocycles. The first kappa shape index (κ1) is 24.4. The van der Waals surface area contributed by atoms with E-state index in [4.69, 9.17) is 9.47 Å². The zero-order chi connectivity index (χ0) is 24.8. The molecule has 2 aromatic carbocycles. The molecule has 178 valence electrons. The number of β-lactam (4-membered cyclic amide) rings is 1. The first-order valence-corrected chi connectivity index (χ1v) is 10.2. The van der Waals surface area contributed by atoms with E-state index < -0.39 is 47.7 Å². The van der Waals surface area contributed by atoms with Crippen molar-refractivity contribution in [1.82, 2.24) is 10.2 Å². The van der Waals surface area contributed by atoms with Crippen molar-refractivity contribution in [3.8, 4) is 5.75 Å². The van der Waals surface area contributed by atoms with Gasteiger partial charge in [-0.1, -0.05) is 24.8 Å². The molecular formula is C23H22FN3O7. The highest BCUT2D eigenvalue weighted by Crippen LogP contribution is 2.28. The van der Waals surface area contributed by atoms with Crippen LogP contribution in [0.4, 0.5) is 10.1 Å². The highest BCUT2D eigenvalue weighted by Gasteiger charge is 2.54. The SMILES string of the molecule is C=C(C)C(C(=O)OCc1ccc([N+](=O)[O-])cc1)N1C(=O)C(NC(=O)COc2ccccc2)C1F. The third-order valence-electron chi connectivity index (χ3n) is 4.99. The van der Waals surface area contributed by atoms with Gasteiger partial charge in [0.25, 0.3) is 17.5 Å². The van der Waals surface area contributed by atoms with Gasteiger partial charge in [-0.25, -0.2) is 9.18 Å². The number of amides is 2. The Morgan fingerprint density at radius 1 is 1.21 bits per heavy atom. The standard InChI is InChI=1S/C23H22FN3O7/c1-14(2)20(23(30)34-12-15-8-10-16(11-9-15)27(31)32)26-21(24)19(22(26)29)25-18(28)13-33-17-6-4-3-5-7-17/h3-11,19-21H,1,12-13H2,2H3,(H,25,28).